The minimum atomic E-state index is 0.314. The Bertz CT molecular complexity index is 832. The molecule has 23 heavy (non-hydrogen) atoms. The number of para-hydroxylation sites is 1. The Labute approximate surface area is 141 Å². The van der Waals surface area contributed by atoms with Gasteiger partial charge in [-0.1, -0.05) is 46.3 Å². The summed E-state index contributed by atoms with van der Waals surface area (Å²) in [5.41, 5.74) is 11.7. The van der Waals surface area contributed by atoms with Crippen LogP contribution in [0.25, 0.3) is 11.3 Å². The van der Waals surface area contributed by atoms with Crippen LogP contribution >= 0.6 is 15.9 Å². The van der Waals surface area contributed by atoms with E-state index in [0.29, 0.717) is 17.3 Å². The second kappa shape index (κ2) is 6.97. The van der Waals surface area contributed by atoms with E-state index in [4.69, 9.17) is 5.73 Å². The average Bonchev–Trinajstić information content (AvgIpc) is 2.56. The zero-order valence-electron chi connectivity index (χ0n) is 12.0. The molecular weight excluding hydrogens is 356 g/mol. The van der Waals surface area contributed by atoms with E-state index in [1.165, 1.54) is 0 Å². The number of hydrazone groups is 1. The molecule has 2 aromatic carbocycles. The monoisotopic (exact) mass is 368 g/mol. The van der Waals surface area contributed by atoms with Gasteiger partial charge in [-0.3, -0.25) is 0 Å². The number of halogens is 1. The molecule has 0 radical (unpaired) electrons. The molecule has 6 nitrogen and oxygen atoms in total. The lowest BCUT2D eigenvalue weighted by Gasteiger charge is -2.03. The summed E-state index contributed by atoms with van der Waals surface area (Å²) in [6.07, 6.45) is 3.28. The summed E-state index contributed by atoms with van der Waals surface area (Å²) >= 11 is 3.41. The number of anilines is 2. The smallest absolute Gasteiger partial charge is 0.263 e. The molecule has 0 aliphatic rings. The second-order valence-electron chi connectivity index (χ2n) is 4.68. The molecule has 1 heterocycles. The average molecular weight is 369 g/mol. The van der Waals surface area contributed by atoms with Crippen LogP contribution < -0.4 is 11.2 Å². The fourth-order valence-electron chi connectivity index (χ4n) is 1.93. The quantitative estimate of drug-likeness (QED) is 0.418. The first-order valence-electron chi connectivity index (χ1n) is 6.81. The van der Waals surface area contributed by atoms with Crippen LogP contribution in [0.2, 0.25) is 0 Å². The van der Waals surface area contributed by atoms with Gasteiger partial charge in [0.25, 0.3) is 5.95 Å². The molecule has 0 aliphatic heterocycles. The number of nitrogens with one attached hydrogen (secondary N) is 1. The topological polar surface area (TPSA) is 89.1 Å². The molecule has 0 bridgehead atoms. The van der Waals surface area contributed by atoms with E-state index in [2.05, 4.69) is 41.6 Å². The lowest BCUT2D eigenvalue weighted by Crippen LogP contribution is -2.00. The fraction of sp³-hybridized carbons (Fsp3) is 0. The van der Waals surface area contributed by atoms with E-state index in [1.54, 1.807) is 12.4 Å². The van der Waals surface area contributed by atoms with Crippen LogP contribution in [-0.4, -0.2) is 21.4 Å². The molecule has 1 aromatic heterocycles. The first-order valence-corrected chi connectivity index (χ1v) is 7.61. The van der Waals surface area contributed by atoms with Gasteiger partial charge in [0.15, 0.2) is 0 Å². The number of aromatic nitrogens is 3. The van der Waals surface area contributed by atoms with Crippen LogP contribution in [0.5, 0.6) is 0 Å². The van der Waals surface area contributed by atoms with E-state index in [1.807, 2.05) is 48.5 Å². The van der Waals surface area contributed by atoms with Crippen LogP contribution in [-0.2, 0) is 0 Å². The van der Waals surface area contributed by atoms with Crippen LogP contribution in [0, 0.1) is 0 Å². The van der Waals surface area contributed by atoms with Gasteiger partial charge in [-0.2, -0.15) is 5.10 Å². The second-order valence-corrected chi connectivity index (χ2v) is 5.59. The zero-order valence-corrected chi connectivity index (χ0v) is 13.6. The SMILES string of the molecule is Nc1ccccc1-c1cnc(N/N=C/c2cccc(Br)c2)nn1. The molecule has 0 fully saturated rings. The van der Waals surface area contributed by atoms with Crippen molar-refractivity contribution < 1.29 is 0 Å². The van der Waals surface area contributed by atoms with E-state index in [9.17, 15) is 0 Å². The predicted molar refractivity (Wildman–Crippen MR) is 95.0 cm³/mol. The van der Waals surface area contributed by atoms with Gasteiger partial charge in [-0.25, -0.2) is 10.4 Å². The van der Waals surface area contributed by atoms with Crippen molar-refractivity contribution in [3.05, 3.63) is 64.8 Å². The molecule has 3 rings (SSSR count). The van der Waals surface area contributed by atoms with Crippen molar-refractivity contribution in [2.75, 3.05) is 11.2 Å². The molecule has 0 spiro atoms. The molecule has 0 saturated carbocycles. The molecule has 3 N–H and O–H groups in total. The zero-order chi connectivity index (χ0) is 16.1. The summed E-state index contributed by atoms with van der Waals surface area (Å²) in [6, 6.07) is 15.2. The highest BCUT2D eigenvalue weighted by molar-refractivity contribution is 9.10. The molecule has 0 unspecified atom stereocenters. The van der Waals surface area contributed by atoms with Crippen LogP contribution in [0.15, 0.2) is 64.3 Å². The van der Waals surface area contributed by atoms with Crippen molar-refractivity contribution in [3.8, 4) is 11.3 Å². The summed E-state index contributed by atoms with van der Waals surface area (Å²) in [7, 11) is 0. The van der Waals surface area contributed by atoms with Crippen molar-refractivity contribution in [1.82, 2.24) is 15.2 Å². The van der Waals surface area contributed by atoms with E-state index in [-0.39, 0.29) is 0 Å². The standard InChI is InChI=1S/C16H13BrN6/c17-12-5-3-4-11(8-12)9-20-22-16-19-10-15(21-23-16)13-6-1-2-7-14(13)18/h1-10H,18H2,(H,19,22,23)/b20-9+. The van der Waals surface area contributed by atoms with E-state index >= 15 is 0 Å². The van der Waals surface area contributed by atoms with Gasteiger partial charge >= 0.3 is 0 Å². The van der Waals surface area contributed by atoms with Crippen molar-refractivity contribution in [2.24, 2.45) is 5.10 Å². The van der Waals surface area contributed by atoms with Crippen molar-refractivity contribution in [2.45, 2.75) is 0 Å². The van der Waals surface area contributed by atoms with Crippen molar-refractivity contribution in [3.63, 3.8) is 0 Å². The molecular formula is C16H13BrN6. The van der Waals surface area contributed by atoms with Gasteiger partial charge in [0.2, 0.25) is 0 Å². The maximum atomic E-state index is 5.91. The van der Waals surface area contributed by atoms with Crippen LogP contribution in [0.4, 0.5) is 11.6 Å². The normalized spacial score (nSPS) is 10.8. The highest BCUT2D eigenvalue weighted by Crippen LogP contribution is 2.22. The molecule has 114 valence electrons. The molecule has 0 atom stereocenters. The number of hydrogen-bond acceptors (Lipinski definition) is 6. The Morgan fingerprint density at radius 1 is 1.09 bits per heavy atom. The number of hydrogen-bond donors (Lipinski definition) is 2. The number of rotatable bonds is 4. The molecule has 3 aromatic rings. The fourth-order valence-corrected chi connectivity index (χ4v) is 2.35. The Morgan fingerprint density at radius 2 is 1.96 bits per heavy atom. The minimum absolute atomic E-state index is 0.314. The van der Waals surface area contributed by atoms with Gasteiger partial charge in [-0.05, 0) is 23.8 Å². The molecule has 0 amide bonds. The number of nitrogen functional groups attached to an aromatic ring is 1. The summed E-state index contributed by atoms with van der Waals surface area (Å²) in [5.74, 6) is 0.314. The van der Waals surface area contributed by atoms with Crippen molar-refractivity contribution >= 4 is 33.8 Å². The van der Waals surface area contributed by atoms with E-state index < -0.39 is 0 Å². The lowest BCUT2D eigenvalue weighted by molar-refractivity contribution is 0.969. The van der Waals surface area contributed by atoms with Gasteiger partial charge in [-0.15, -0.1) is 10.2 Å². The predicted octanol–water partition coefficient (Wildman–Crippen LogP) is 3.33. The third-order valence-electron chi connectivity index (χ3n) is 3.03. The third kappa shape index (κ3) is 3.89. The summed E-state index contributed by atoms with van der Waals surface area (Å²) in [5, 5.41) is 12.2. The maximum Gasteiger partial charge on any atom is 0.263 e. The largest absolute Gasteiger partial charge is 0.398 e. The van der Waals surface area contributed by atoms with Gasteiger partial charge in [0.05, 0.1) is 12.4 Å². The van der Waals surface area contributed by atoms with Crippen LogP contribution in [0.1, 0.15) is 5.56 Å². The Balaban J connectivity index is 1.70. The first-order chi connectivity index (χ1) is 11.2. The van der Waals surface area contributed by atoms with Gasteiger partial charge in [0, 0.05) is 15.7 Å². The van der Waals surface area contributed by atoms with Crippen LogP contribution in [0.3, 0.4) is 0 Å². The Morgan fingerprint density at radius 3 is 2.70 bits per heavy atom. The lowest BCUT2D eigenvalue weighted by atomic mass is 10.1. The first kappa shape index (κ1) is 15.1. The highest BCUT2D eigenvalue weighted by atomic mass is 79.9. The summed E-state index contributed by atoms with van der Waals surface area (Å²) < 4.78 is 0.990. The Kier molecular flexibility index (Phi) is 4.58. The molecule has 0 aliphatic carbocycles. The number of nitrogens with two attached hydrogens (primary N) is 1. The van der Waals surface area contributed by atoms with Crippen molar-refractivity contribution in [1.29, 1.82) is 0 Å². The number of nitrogens with zero attached hydrogens (tertiary/aromatic N) is 4. The van der Waals surface area contributed by atoms with E-state index in [0.717, 1.165) is 15.6 Å². The summed E-state index contributed by atoms with van der Waals surface area (Å²) in [6.45, 7) is 0. The number of benzene rings is 2. The minimum Gasteiger partial charge on any atom is -0.398 e. The third-order valence-corrected chi connectivity index (χ3v) is 3.52. The summed E-state index contributed by atoms with van der Waals surface area (Å²) in [4.78, 5) is 4.18. The Hall–Kier alpha value is -2.80. The van der Waals surface area contributed by atoms with Gasteiger partial charge < -0.3 is 5.73 Å². The molecule has 0 saturated heterocycles. The maximum absolute atomic E-state index is 5.91. The van der Waals surface area contributed by atoms with Gasteiger partial charge in [0.1, 0.15) is 5.69 Å². The molecule has 7 heteroatoms. The highest BCUT2D eigenvalue weighted by Gasteiger charge is 2.04.